The van der Waals surface area contributed by atoms with Crippen LogP contribution in [0.25, 0.3) is 0 Å². The van der Waals surface area contributed by atoms with Crippen LogP contribution in [0.4, 0.5) is 5.69 Å². The van der Waals surface area contributed by atoms with Gasteiger partial charge in [-0.1, -0.05) is 25.0 Å². The summed E-state index contributed by atoms with van der Waals surface area (Å²) in [5, 5.41) is 30.6. The molecule has 0 bridgehead atoms. The average Bonchev–Trinajstić information content (AvgIpc) is 3.77. The van der Waals surface area contributed by atoms with Gasteiger partial charge in [0.05, 0.1) is 12.8 Å². The van der Waals surface area contributed by atoms with Crippen molar-refractivity contribution in [3.05, 3.63) is 53.6 Å². The fourth-order valence-corrected chi connectivity index (χ4v) is 7.39. The first-order valence-corrected chi connectivity index (χ1v) is 17.9. The van der Waals surface area contributed by atoms with Crippen molar-refractivity contribution in [2.75, 3.05) is 53.5 Å². The van der Waals surface area contributed by atoms with Gasteiger partial charge in [-0.05, 0) is 112 Å². The number of benzene rings is 2. The maximum Gasteiger partial charge on any atom is 0.192 e. The molecule has 2 atom stereocenters. The Balaban J connectivity index is 1.45. The van der Waals surface area contributed by atoms with Crippen LogP contribution in [-0.2, 0) is 22.4 Å². The molecule has 0 saturated heterocycles. The first-order chi connectivity index (χ1) is 24.6. The number of nitrogens with one attached hydrogen (secondary N) is 3. The number of likely N-dealkylation sites (N-methyl/N-ethyl adjacent to an activating group) is 1. The number of aryl methyl sites for hydroxylation is 1. The van der Waals surface area contributed by atoms with Crippen molar-refractivity contribution in [3.63, 3.8) is 0 Å². The molecule has 13 nitrogen and oxygen atoms in total. The third kappa shape index (κ3) is 10.8. The summed E-state index contributed by atoms with van der Waals surface area (Å²) in [6.45, 7) is 1.50. The van der Waals surface area contributed by atoms with Crippen LogP contribution in [0.15, 0.2) is 52.5 Å². The lowest BCUT2D eigenvalue weighted by Gasteiger charge is -2.31. The Labute approximate surface area is 301 Å². The minimum atomic E-state index is -0.516. The largest absolute Gasteiger partial charge is 0.504 e. The Bertz CT molecular complexity index is 1560. The van der Waals surface area contributed by atoms with E-state index in [0.29, 0.717) is 68.2 Å². The molecule has 0 spiro atoms. The summed E-state index contributed by atoms with van der Waals surface area (Å²) in [6, 6.07) is 9.03. The second-order valence-corrected chi connectivity index (χ2v) is 13.8. The van der Waals surface area contributed by atoms with Crippen LogP contribution in [0.5, 0.6) is 23.0 Å². The highest BCUT2D eigenvalue weighted by Gasteiger charge is 2.42. The van der Waals surface area contributed by atoms with E-state index in [0.717, 1.165) is 62.5 Å². The lowest BCUT2D eigenvalue weighted by atomic mass is 9.76. The Morgan fingerprint density at radius 1 is 1.04 bits per heavy atom. The zero-order valence-electron chi connectivity index (χ0n) is 30.6. The third-order valence-electron chi connectivity index (χ3n) is 10.1. The highest BCUT2D eigenvalue weighted by molar-refractivity contribution is 5.95. The van der Waals surface area contributed by atoms with E-state index in [2.05, 4.69) is 25.9 Å². The van der Waals surface area contributed by atoms with Crippen LogP contribution in [0.2, 0.25) is 0 Å². The SMILES string of the molecule is CN=C(N)NCOCC[C@H]1CC[C@@](CNC)(Oc2cc(CCC=CC(=O)C3(Cc4ccc(O)c(OC)c4)CCCC3)cc(NC(N)=NC)c2O)C1. The number of nitrogens with zero attached hydrogens (tertiary/aromatic N) is 2. The van der Waals surface area contributed by atoms with E-state index in [1.54, 1.807) is 26.2 Å². The normalized spacial score (nSPS) is 20.5. The molecule has 13 heteroatoms. The number of phenolic OH excluding ortho intramolecular Hbond substituents is 2. The van der Waals surface area contributed by atoms with E-state index in [9.17, 15) is 15.0 Å². The van der Waals surface area contributed by atoms with Crippen LogP contribution in [0, 0.1) is 11.3 Å². The summed E-state index contributed by atoms with van der Waals surface area (Å²) in [4.78, 5) is 21.5. The number of anilines is 1. The molecule has 0 amide bonds. The number of hydrogen-bond acceptors (Lipinski definition) is 9. The molecule has 0 unspecified atom stereocenters. The van der Waals surface area contributed by atoms with Gasteiger partial charge in [-0.25, -0.2) is 0 Å². The van der Waals surface area contributed by atoms with E-state index in [1.165, 1.54) is 7.11 Å². The predicted octanol–water partition coefficient (Wildman–Crippen LogP) is 4.36. The number of phenols is 2. The van der Waals surface area contributed by atoms with Gasteiger partial charge in [0.15, 0.2) is 40.7 Å². The van der Waals surface area contributed by atoms with Gasteiger partial charge in [0.2, 0.25) is 0 Å². The number of hydrogen-bond donors (Lipinski definition) is 7. The summed E-state index contributed by atoms with van der Waals surface area (Å²) in [5.74, 6) is 1.86. The molecule has 2 fully saturated rings. The lowest BCUT2D eigenvalue weighted by molar-refractivity contribution is -0.123. The van der Waals surface area contributed by atoms with Crippen molar-refractivity contribution in [2.24, 2.45) is 32.8 Å². The van der Waals surface area contributed by atoms with Crippen LogP contribution < -0.4 is 36.9 Å². The highest BCUT2D eigenvalue weighted by Crippen LogP contribution is 2.45. The molecular formula is C38H57N7O6. The Morgan fingerprint density at radius 3 is 2.49 bits per heavy atom. The van der Waals surface area contributed by atoms with Gasteiger partial charge in [0.25, 0.3) is 0 Å². The van der Waals surface area contributed by atoms with Gasteiger partial charge in [-0.2, -0.15) is 0 Å². The number of ether oxygens (including phenoxy) is 3. The number of allylic oxidation sites excluding steroid dienone is 2. The molecule has 2 aliphatic rings. The maximum absolute atomic E-state index is 13.7. The van der Waals surface area contributed by atoms with Gasteiger partial charge in [0.1, 0.15) is 12.3 Å². The van der Waals surface area contributed by atoms with Gasteiger partial charge in [-0.3, -0.25) is 14.8 Å². The minimum Gasteiger partial charge on any atom is -0.504 e. The molecule has 0 aromatic heterocycles. The van der Waals surface area contributed by atoms with Crippen LogP contribution in [-0.4, -0.2) is 81.7 Å². The van der Waals surface area contributed by atoms with Crippen LogP contribution in [0.3, 0.4) is 0 Å². The molecular weight excluding hydrogens is 650 g/mol. The Kier molecular flexibility index (Phi) is 14.4. The summed E-state index contributed by atoms with van der Waals surface area (Å²) in [7, 11) is 6.62. The van der Waals surface area contributed by atoms with Crippen LogP contribution in [0.1, 0.15) is 68.9 Å². The molecule has 0 heterocycles. The second kappa shape index (κ2) is 18.7. The fraction of sp³-hybridized carbons (Fsp3) is 0.553. The predicted molar refractivity (Wildman–Crippen MR) is 202 cm³/mol. The van der Waals surface area contributed by atoms with Crippen molar-refractivity contribution >= 4 is 23.4 Å². The van der Waals surface area contributed by atoms with Gasteiger partial charge in [-0.15, -0.1) is 0 Å². The Morgan fingerprint density at radius 2 is 1.78 bits per heavy atom. The zero-order chi connectivity index (χ0) is 36.9. The topological polar surface area (TPSA) is 198 Å². The monoisotopic (exact) mass is 707 g/mol. The first-order valence-electron chi connectivity index (χ1n) is 17.9. The second-order valence-electron chi connectivity index (χ2n) is 13.8. The zero-order valence-corrected chi connectivity index (χ0v) is 30.6. The van der Waals surface area contributed by atoms with Gasteiger partial charge >= 0.3 is 0 Å². The summed E-state index contributed by atoms with van der Waals surface area (Å²) >= 11 is 0. The van der Waals surface area contributed by atoms with Gasteiger partial charge < -0.3 is 51.8 Å². The standard InChI is InChI=1S/C38H57N7O6/c1-41-24-38(17-13-26(23-38)14-18-50-25-44-35(39)42-2)51-32-20-27(19-29(34(32)48)45-36(40)43-3)9-5-6-10-33(47)37(15-7-8-16-37)22-28-11-12-30(46)31(21-28)49-4/h6,10-12,19-21,26,41,46,48H,5,7-9,13-18,22-25H2,1-4H3,(H3,39,42,44)(H3,40,43,45)/t26-,38-/m1/s1. The van der Waals surface area contributed by atoms with Crippen molar-refractivity contribution in [1.82, 2.24) is 10.6 Å². The van der Waals surface area contributed by atoms with Crippen molar-refractivity contribution in [1.29, 1.82) is 0 Å². The number of rotatable bonds is 18. The molecule has 51 heavy (non-hydrogen) atoms. The quantitative estimate of drug-likeness (QED) is 0.0290. The van der Waals surface area contributed by atoms with E-state index < -0.39 is 11.0 Å². The number of carbonyl (C=O) groups excluding carboxylic acids is 1. The first kappa shape index (κ1) is 39.3. The Hall–Kier alpha value is -4.49. The number of aliphatic imine (C=N–C) groups is 2. The molecule has 2 saturated carbocycles. The molecule has 2 aromatic rings. The maximum atomic E-state index is 13.7. The number of aromatic hydroxyl groups is 2. The van der Waals surface area contributed by atoms with E-state index >= 15 is 0 Å². The van der Waals surface area contributed by atoms with Gasteiger partial charge in [0, 0.05) is 32.7 Å². The summed E-state index contributed by atoms with van der Waals surface area (Å²) in [5.41, 5.74) is 13.0. The number of methoxy groups -OCH3 is 1. The number of ketones is 1. The van der Waals surface area contributed by atoms with E-state index in [4.69, 9.17) is 25.7 Å². The molecule has 2 aliphatic carbocycles. The average molecular weight is 708 g/mol. The number of carbonyl (C=O) groups is 1. The molecule has 0 radical (unpaired) electrons. The van der Waals surface area contributed by atoms with Crippen molar-refractivity contribution in [2.45, 2.75) is 76.2 Å². The number of nitrogens with two attached hydrogens (primary N) is 2. The third-order valence-corrected chi connectivity index (χ3v) is 10.1. The smallest absolute Gasteiger partial charge is 0.192 e. The molecule has 0 aliphatic heterocycles. The van der Waals surface area contributed by atoms with Crippen molar-refractivity contribution in [3.8, 4) is 23.0 Å². The summed E-state index contributed by atoms with van der Waals surface area (Å²) < 4.78 is 17.7. The molecule has 9 N–H and O–H groups in total. The highest BCUT2D eigenvalue weighted by atomic mass is 16.5. The van der Waals surface area contributed by atoms with E-state index in [1.807, 2.05) is 37.4 Å². The molecule has 2 aromatic carbocycles. The lowest BCUT2D eigenvalue weighted by Crippen LogP contribution is -2.42. The van der Waals surface area contributed by atoms with E-state index in [-0.39, 0.29) is 23.2 Å². The number of guanidine groups is 2. The molecule has 4 rings (SSSR count). The fourth-order valence-electron chi connectivity index (χ4n) is 7.39. The molecule has 280 valence electrons. The summed E-state index contributed by atoms with van der Waals surface area (Å²) in [6.07, 6.45) is 12.6. The van der Waals surface area contributed by atoms with Crippen molar-refractivity contribution < 1.29 is 29.2 Å². The van der Waals surface area contributed by atoms with Crippen LogP contribution >= 0.6 is 0 Å². The minimum absolute atomic E-state index is 0.0337.